The molecule has 3 nitrogen and oxygen atoms in total. The molecule has 0 aliphatic heterocycles. The van der Waals surface area contributed by atoms with Crippen molar-refractivity contribution in [2.75, 3.05) is 5.32 Å². The van der Waals surface area contributed by atoms with E-state index in [4.69, 9.17) is 18.0 Å². The Morgan fingerprint density at radius 2 is 2.11 bits per heavy atom. The van der Waals surface area contributed by atoms with Gasteiger partial charge in [-0.3, -0.25) is 0 Å². The van der Waals surface area contributed by atoms with Gasteiger partial charge >= 0.3 is 0 Å². The summed E-state index contributed by atoms with van der Waals surface area (Å²) in [7, 11) is 0. The van der Waals surface area contributed by atoms with Crippen LogP contribution in [0, 0.1) is 16.3 Å². The zero-order chi connectivity index (χ0) is 14.0. The Morgan fingerprint density at radius 1 is 1.37 bits per heavy atom. The number of hydrogen-bond acceptors (Lipinski definition) is 3. The van der Waals surface area contributed by atoms with Crippen molar-refractivity contribution in [1.82, 2.24) is 4.98 Å². The number of nitrogens with one attached hydrogen (secondary N) is 1. The molecule has 0 aliphatic carbocycles. The molecule has 0 bridgehead atoms. The molecule has 0 amide bonds. The van der Waals surface area contributed by atoms with E-state index in [0.29, 0.717) is 10.8 Å². The molecule has 1 aromatic heterocycles. The standard InChI is InChI=1S/C13H11FIN3S/c1-7-4-8(13(16)19)5-12(17-7)18-11-3-2-9(14)6-10(11)15/h2-6H,1H3,(H2,16,19)(H,17,18). The Labute approximate surface area is 129 Å². The van der Waals surface area contributed by atoms with Crippen LogP contribution in [0.15, 0.2) is 30.3 Å². The van der Waals surface area contributed by atoms with Crippen LogP contribution in [-0.2, 0) is 0 Å². The second-order valence-electron chi connectivity index (χ2n) is 4.00. The molecule has 0 aliphatic rings. The lowest BCUT2D eigenvalue weighted by Crippen LogP contribution is -2.11. The third-order valence-electron chi connectivity index (χ3n) is 2.43. The van der Waals surface area contributed by atoms with Crippen LogP contribution < -0.4 is 11.1 Å². The van der Waals surface area contributed by atoms with Crippen LogP contribution in [0.5, 0.6) is 0 Å². The minimum absolute atomic E-state index is 0.268. The first kappa shape index (κ1) is 14.1. The lowest BCUT2D eigenvalue weighted by molar-refractivity contribution is 0.627. The van der Waals surface area contributed by atoms with E-state index in [9.17, 15) is 4.39 Å². The first-order valence-electron chi connectivity index (χ1n) is 5.46. The zero-order valence-electron chi connectivity index (χ0n) is 10.1. The van der Waals surface area contributed by atoms with E-state index in [1.807, 2.05) is 13.0 Å². The maximum Gasteiger partial charge on any atom is 0.131 e. The molecular weight excluding hydrogens is 376 g/mol. The summed E-state index contributed by atoms with van der Waals surface area (Å²) >= 11 is 7.02. The van der Waals surface area contributed by atoms with Crippen molar-refractivity contribution in [3.05, 3.63) is 51.0 Å². The number of aryl methyl sites for hydroxylation is 1. The van der Waals surface area contributed by atoms with Gasteiger partial charge in [0, 0.05) is 14.8 Å². The second kappa shape index (κ2) is 5.79. The van der Waals surface area contributed by atoms with Crippen LogP contribution in [0.3, 0.4) is 0 Å². The number of halogens is 2. The number of pyridine rings is 1. The summed E-state index contributed by atoms with van der Waals surface area (Å²) in [6.07, 6.45) is 0. The Kier molecular flexibility index (Phi) is 4.31. The van der Waals surface area contributed by atoms with E-state index in [0.717, 1.165) is 20.5 Å². The van der Waals surface area contributed by atoms with Crippen LogP contribution in [0.2, 0.25) is 0 Å². The molecule has 0 saturated heterocycles. The Balaban J connectivity index is 2.35. The molecule has 2 rings (SSSR count). The van der Waals surface area contributed by atoms with Crippen LogP contribution in [0.4, 0.5) is 15.9 Å². The lowest BCUT2D eigenvalue weighted by atomic mass is 10.2. The van der Waals surface area contributed by atoms with E-state index in [-0.39, 0.29) is 5.82 Å². The molecule has 1 aromatic carbocycles. The quantitative estimate of drug-likeness (QED) is 0.625. The van der Waals surface area contributed by atoms with Gasteiger partial charge in [-0.2, -0.15) is 0 Å². The SMILES string of the molecule is Cc1cc(C(N)=S)cc(Nc2ccc(F)cc2I)n1. The first-order chi connectivity index (χ1) is 8.95. The van der Waals surface area contributed by atoms with Gasteiger partial charge in [0.05, 0.1) is 5.69 Å². The van der Waals surface area contributed by atoms with E-state index in [1.165, 1.54) is 12.1 Å². The van der Waals surface area contributed by atoms with Crippen molar-refractivity contribution in [2.24, 2.45) is 5.73 Å². The fraction of sp³-hybridized carbons (Fsp3) is 0.0769. The minimum atomic E-state index is -0.268. The van der Waals surface area contributed by atoms with Gasteiger partial charge in [0.25, 0.3) is 0 Å². The van der Waals surface area contributed by atoms with Gasteiger partial charge in [-0.05, 0) is 59.8 Å². The Bertz CT molecular complexity index is 646. The fourth-order valence-electron chi connectivity index (χ4n) is 1.60. The molecule has 98 valence electrons. The molecule has 0 fully saturated rings. The van der Waals surface area contributed by atoms with Crippen molar-refractivity contribution in [2.45, 2.75) is 6.92 Å². The van der Waals surface area contributed by atoms with Gasteiger partial charge in [0.1, 0.15) is 16.6 Å². The summed E-state index contributed by atoms with van der Waals surface area (Å²) in [5.41, 5.74) is 7.97. The average molecular weight is 387 g/mol. The van der Waals surface area contributed by atoms with Gasteiger partial charge in [0.2, 0.25) is 0 Å². The van der Waals surface area contributed by atoms with Gasteiger partial charge in [-0.1, -0.05) is 12.2 Å². The molecule has 0 radical (unpaired) electrons. The summed E-state index contributed by atoms with van der Waals surface area (Å²) in [4.78, 5) is 4.67. The highest BCUT2D eigenvalue weighted by Gasteiger charge is 2.06. The maximum absolute atomic E-state index is 13.0. The largest absolute Gasteiger partial charge is 0.389 e. The third-order valence-corrected chi connectivity index (χ3v) is 3.56. The van der Waals surface area contributed by atoms with E-state index in [2.05, 4.69) is 32.9 Å². The monoisotopic (exact) mass is 387 g/mol. The van der Waals surface area contributed by atoms with Gasteiger partial charge in [-0.25, -0.2) is 9.37 Å². The smallest absolute Gasteiger partial charge is 0.131 e. The summed E-state index contributed by atoms with van der Waals surface area (Å²) in [6.45, 7) is 1.86. The number of anilines is 2. The molecular formula is C13H11FIN3S. The summed E-state index contributed by atoms with van der Waals surface area (Å²) in [5.74, 6) is 0.364. The molecule has 0 atom stereocenters. The van der Waals surface area contributed by atoms with Crippen molar-refractivity contribution < 1.29 is 4.39 Å². The number of rotatable bonds is 3. The molecule has 0 spiro atoms. The molecule has 3 N–H and O–H groups in total. The number of benzene rings is 1. The number of hydrogen-bond donors (Lipinski definition) is 2. The first-order valence-corrected chi connectivity index (χ1v) is 6.95. The summed E-state index contributed by atoms with van der Waals surface area (Å²) in [5, 5.41) is 3.14. The normalized spacial score (nSPS) is 10.3. The molecule has 2 aromatic rings. The number of nitrogens with zero attached hydrogens (tertiary/aromatic N) is 1. The Morgan fingerprint density at radius 3 is 2.74 bits per heavy atom. The van der Waals surface area contributed by atoms with Crippen molar-refractivity contribution in [3.63, 3.8) is 0 Å². The van der Waals surface area contributed by atoms with Crippen LogP contribution >= 0.6 is 34.8 Å². The van der Waals surface area contributed by atoms with E-state index in [1.54, 1.807) is 12.1 Å². The zero-order valence-corrected chi connectivity index (χ0v) is 13.0. The van der Waals surface area contributed by atoms with Crippen molar-refractivity contribution >= 4 is 51.3 Å². The highest BCUT2D eigenvalue weighted by molar-refractivity contribution is 14.1. The van der Waals surface area contributed by atoms with Gasteiger partial charge < -0.3 is 11.1 Å². The van der Waals surface area contributed by atoms with E-state index < -0.39 is 0 Å². The number of aromatic nitrogens is 1. The highest BCUT2D eigenvalue weighted by Crippen LogP contribution is 2.23. The molecule has 0 unspecified atom stereocenters. The maximum atomic E-state index is 13.0. The van der Waals surface area contributed by atoms with Crippen molar-refractivity contribution in [1.29, 1.82) is 0 Å². The fourth-order valence-corrected chi connectivity index (χ4v) is 2.33. The highest BCUT2D eigenvalue weighted by atomic mass is 127. The number of thiocarbonyl (C=S) groups is 1. The van der Waals surface area contributed by atoms with Gasteiger partial charge in [0.15, 0.2) is 0 Å². The summed E-state index contributed by atoms with van der Waals surface area (Å²) in [6, 6.07) is 8.11. The molecule has 0 saturated carbocycles. The van der Waals surface area contributed by atoms with Gasteiger partial charge in [-0.15, -0.1) is 0 Å². The average Bonchev–Trinajstić information content (AvgIpc) is 2.32. The molecule has 6 heteroatoms. The predicted octanol–water partition coefficient (Wildman–Crippen LogP) is 3.51. The predicted molar refractivity (Wildman–Crippen MR) is 87.3 cm³/mol. The molecule has 1 heterocycles. The van der Waals surface area contributed by atoms with Crippen LogP contribution in [0.1, 0.15) is 11.3 Å². The second-order valence-corrected chi connectivity index (χ2v) is 5.60. The van der Waals surface area contributed by atoms with Crippen molar-refractivity contribution in [3.8, 4) is 0 Å². The molecule has 19 heavy (non-hydrogen) atoms. The topological polar surface area (TPSA) is 50.9 Å². The Hall–Kier alpha value is -1.28. The minimum Gasteiger partial charge on any atom is -0.389 e. The van der Waals surface area contributed by atoms with Crippen LogP contribution in [0.25, 0.3) is 0 Å². The third kappa shape index (κ3) is 3.60. The lowest BCUT2D eigenvalue weighted by Gasteiger charge is -2.10. The number of nitrogens with two attached hydrogens (primary N) is 1. The summed E-state index contributed by atoms with van der Waals surface area (Å²) < 4.78 is 13.8. The van der Waals surface area contributed by atoms with E-state index >= 15 is 0 Å². The van der Waals surface area contributed by atoms with Crippen LogP contribution in [-0.4, -0.2) is 9.97 Å².